The van der Waals surface area contributed by atoms with Gasteiger partial charge in [-0.3, -0.25) is 4.90 Å². The van der Waals surface area contributed by atoms with Crippen LogP contribution in [0.4, 0.5) is 4.39 Å². The van der Waals surface area contributed by atoms with Gasteiger partial charge >= 0.3 is 5.97 Å². The van der Waals surface area contributed by atoms with Crippen molar-refractivity contribution in [2.75, 3.05) is 26.7 Å². The first-order valence-electron chi connectivity index (χ1n) is 13.1. The summed E-state index contributed by atoms with van der Waals surface area (Å²) in [6.45, 7) is 5.59. The van der Waals surface area contributed by atoms with Crippen molar-refractivity contribution < 1.29 is 23.8 Å². The van der Waals surface area contributed by atoms with Gasteiger partial charge in [-0.1, -0.05) is 23.7 Å². The number of piperidine rings is 1. The number of aromatic nitrogens is 2. The fourth-order valence-electron chi connectivity index (χ4n) is 5.37. The van der Waals surface area contributed by atoms with Crippen molar-refractivity contribution in [3.05, 3.63) is 82.2 Å². The number of carbonyl (C=O) groups is 1. The van der Waals surface area contributed by atoms with Crippen LogP contribution in [0.5, 0.6) is 11.5 Å². The first kappa shape index (κ1) is 27.2. The highest BCUT2D eigenvalue weighted by atomic mass is 35.5. The first-order valence-corrected chi connectivity index (χ1v) is 13.4. The lowest BCUT2D eigenvalue weighted by Gasteiger charge is -2.32. The summed E-state index contributed by atoms with van der Waals surface area (Å²) < 4.78 is 29.3. The number of likely N-dealkylation sites (N-methyl/N-ethyl adjacent to an activating group) is 1. The average Bonchev–Trinajstić information content (AvgIpc) is 3.46. The summed E-state index contributed by atoms with van der Waals surface area (Å²) in [5.74, 6) is -0.263. The lowest BCUT2D eigenvalue weighted by atomic mass is 9.88. The highest BCUT2D eigenvalue weighted by Crippen LogP contribution is 2.49. The Kier molecular flexibility index (Phi) is 7.93. The third-order valence-corrected chi connectivity index (χ3v) is 7.61. The fraction of sp³-hybridized carbons (Fsp3) is 0.379. The van der Waals surface area contributed by atoms with Crippen molar-refractivity contribution in [1.82, 2.24) is 19.8 Å². The summed E-state index contributed by atoms with van der Waals surface area (Å²) >= 11 is 5.95. The average molecular weight is 555 g/mol. The quantitative estimate of drug-likeness (QED) is 0.359. The number of carboxylic acids is 1. The van der Waals surface area contributed by atoms with E-state index in [0.29, 0.717) is 35.2 Å². The molecule has 0 aliphatic carbocycles. The third kappa shape index (κ3) is 5.80. The van der Waals surface area contributed by atoms with Gasteiger partial charge in [-0.05, 0) is 69.2 Å². The zero-order valence-electron chi connectivity index (χ0n) is 22.0. The van der Waals surface area contributed by atoms with Crippen molar-refractivity contribution in [2.24, 2.45) is 0 Å². The van der Waals surface area contributed by atoms with Crippen LogP contribution < -0.4 is 14.8 Å². The lowest BCUT2D eigenvalue weighted by Crippen LogP contribution is -2.34. The Labute approximate surface area is 232 Å². The van der Waals surface area contributed by atoms with E-state index in [0.717, 1.165) is 55.6 Å². The number of nitrogens with one attached hydrogen (secondary N) is 1. The molecule has 39 heavy (non-hydrogen) atoms. The molecule has 0 spiro atoms. The van der Waals surface area contributed by atoms with Gasteiger partial charge in [-0.15, -0.1) is 0 Å². The molecule has 2 N–H and O–H groups in total. The normalized spacial score (nSPS) is 19.7. The predicted octanol–water partition coefficient (Wildman–Crippen LogP) is 5.02. The summed E-state index contributed by atoms with van der Waals surface area (Å²) in [6.07, 6.45) is 6.30. The molecule has 2 aromatic carbocycles. The lowest BCUT2D eigenvalue weighted by molar-refractivity contribution is -0.131. The molecular weight excluding hydrogens is 523 g/mol. The Hall–Kier alpha value is -3.40. The Balaban J connectivity index is 1.27. The van der Waals surface area contributed by atoms with Crippen molar-refractivity contribution >= 4 is 23.6 Å². The molecule has 2 aliphatic rings. The van der Waals surface area contributed by atoms with Crippen molar-refractivity contribution in [3.8, 4) is 11.5 Å². The van der Waals surface area contributed by atoms with E-state index in [1.165, 1.54) is 6.07 Å². The van der Waals surface area contributed by atoms with Gasteiger partial charge in [0, 0.05) is 36.7 Å². The zero-order chi connectivity index (χ0) is 27.6. The van der Waals surface area contributed by atoms with E-state index in [-0.39, 0.29) is 5.92 Å². The molecule has 1 unspecified atom stereocenters. The largest absolute Gasteiger partial charge is 0.478 e. The first-order chi connectivity index (χ1) is 18.8. The van der Waals surface area contributed by atoms with Gasteiger partial charge in [0.15, 0.2) is 11.5 Å². The van der Waals surface area contributed by atoms with Gasteiger partial charge in [-0.2, -0.15) is 0 Å². The predicted molar refractivity (Wildman–Crippen MR) is 147 cm³/mol. The van der Waals surface area contributed by atoms with Crippen LogP contribution in [0.3, 0.4) is 0 Å². The highest BCUT2D eigenvalue weighted by Gasteiger charge is 2.43. The molecule has 206 valence electrons. The van der Waals surface area contributed by atoms with E-state index in [2.05, 4.69) is 25.8 Å². The van der Waals surface area contributed by atoms with Crippen LogP contribution in [0, 0.1) is 5.82 Å². The molecule has 0 bridgehead atoms. The van der Waals surface area contributed by atoms with E-state index in [1.807, 2.05) is 19.2 Å². The SMILES string of the molecule is CNCCn1c(/C=C/C(=O)O)cnc1CN1CCC(c2cccc3c2OC(C)(c2ccc(Cl)cc2F)O3)CC1. The van der Waals surface area contributed by atoms with E-state index < -0.39 is 17.6 Å². The topological polar surface area (TPSA) is 88.9 Å². The van der Waals surface area contributed by atoms with Gasteiger partial charge < -0.3 is 24.5 Å². The standard InChI is InChI=1S/C29H32ClFN4O4/c1-29(23-8-6-20(30)16-24(23)31)38-25-5-3-4-22(28(25)39-29)19-10-13-34(14-11-19)18-26-33-17-21(7-9-27(36)37)35(26)15-12-32-2/h3-9,16-17,19,32H,10-15,18H2,1-2H3,(H,36,37)/b9-7+. The Bertz CT molecular complexity index is 1390. The third-order valence-electron chi connectivity index (χ3n) is 7.37. The van der Waals surface area contributed by atoms with Gasteiger partial charge in [0.25, 0.3) is 5.79 Å². The minimum atomic E-state index is -1.27. The monoisotopic (exact) mass is 554 g/mol. The highest BCUT2D eigenvalue weighted by molar-refractivity contribution is 6.30. The number of imidazole rings is 1. The van der Waals surface area contributed by atoms with Crippen LogP contribution in [0.1, 0.15) is 48.3 Å². The van der Waals surface area contributed by atoms with Crippen molar-refractivity contribution in [2.45, 2.75) is 44.6 Å². The Morgan fingerprint density at radius 1 is 1.28 bits per heavy atom. The van der Waals surface area contributed by atoms with E-state index in [4.69, 9.17) is 26.2 Å². The minimum absolute atomic E-state index is 0.273. The van der Waals surface area contributed by atoms with Crippen LogP contribution in [0.15, 0.2) is 48.7 Å². The number of hydrogen-bond donors (Lipinski definition) is 2. The van der Waals surface area contributed by atoms with E-state index in [9.17, 15) is 9.18 Å². The molecule has 1 fully saturated rings. The van der Waals surface area contributed by atoms with Crippen LogP contribution in [-0.4, -0.2) is 52.2 Å². The molecule has 1 atom stereocenters. The number of likely N-dealkylation sites (tertiary alicyclic amines) is 1. The summed E-state index contributed by atoms with van der Waals surface area (Å²) in [5.41, 5.74) is 2.15. The molecular formula is C29H32ClFN4O4. The van der Waals surface area contributed by atoms with Gasteiger partial charge in [0.05, 0.1) is 24.0 Å². The number of carboxylic acid groups (broad SMARTS) is 1. The number of para-hydroxylation sites is 1. The number of fused-ring (bicyclic) bond motifs is 1. The number of halogens is 2. The second kappa shape index (κ2) is 11.4. The van der Waals surface area contributed by atoms with E-state index >= 15 is 0 Å². The summed E-state index contributed by atoms with van der Waals surface area (Å²) in [4.78, 5) is 18.0. The molecule has 10 heteroatoms. The minimum Gasteiger partial charge on any atom is -0.478 e. The molecule has 2 aliphatic heterocycles. The summed E-state index contributed by atoms with van der Waals surface area (Å²) in [6, 6.07) is 10.4. The maximum atomic E-state index is 14.7. The molecule has 0 radical (unpaired) electrons. The van der Waals surface area contributed by atoms with Crippen molar-refractivity contribution in [1.29, 1.82) is 0 Å². The van der Waals surface area contributed by atoms with Crippen LogP contribution in [0.25, 0.3) is 6.08 Å². The molecule has 1 aromatic heterocycles. The van der Waals surface area contributed by atoms with Crippen LogP contribution in [0.2, 0.25) is 5.02 Å². The van der Waals surface area contributed by atoms with Crippen LogP contribution >= 0.6 is 11.6 Å². The number of benzene rings is 2. The van der Waals surface area contributed by atoms with Crippen molar-refractivity contribution in [3.63, 3.8) is 0 Å². The maximum absolute atomic E-state index is 14.7. The number of ether oxygens (including phenoxy) is 2. The number of aliphatic carboxylic acids is 1. The number of rotatable bonds is 9. The summed E-state index contributed by atoms with van der Waals surface area (Å²) in [5, 5.41) is 12.5. The number of nitrogens with zero attached hydrogens (tertiary/aromatic N) is 3. The van der Waals surface area contributed by atoms with Gasteiger partial charge in [0.1, 0.15) is 11.6 Å². The molecule has 5 rings (SSSR count). The van der Waals surface area contributed by atoms with E-state index in [1.54, 1.807) is 31.3 Å². The number of hydrogen-bond acceptors (Lipinski definition) is 6. The second-order valence-corrected chi connectivity index (χ2v) is 10.5. The molecule has 8 nitrogen and oxygen atoms in total. The Morgan fingerprint density at radius 2 is 2.08 bits per heavy atom. The second-order valence-electron chi connectivity index (χ2n) is 10.0. The fourth-order valence-corrected chi connectivity index (χ4v) is 5.52. The smallest absolute Gasteiger partial charge is 0.328 e. The summed E-state index contributed by atoms with van der Waals surface area (Å²) in [7, 11) is 1.89. The van der Waals surface area contributed by atoms with Gasteiger partial charge in [0.2, 0.25) is 0 Å². The Morgan fingerprint density at radius 3 is 2.79 bits per heavy atom. The molecule has 3 aromatic rings. The molecule has 0 amide bonds. The molecule has 0 saturated carbocycles. The zero-order valence-corrected chi connectivity index (χ0v) is 22.7. The molecule has 3 heterocycles. The molecule has 1 saturated heterocycles. The van der Waals surface area contributed by atoms with Crippen LogP contribution in [-0.2, 0) is 23.7 Å². The van der Waals surface area contributed by atoms with Gasteiger partial charge in [-0.25, -0.2) is 14.2 Å². The maximum Gasteiger partial charge on any atom is 0.328 e.